The predicted molar refractivity (Wildman–Crippen MR) is 215 cm³/mol. The van der Waals surface area contributed by atoms with Crippen molar-refractivity contribution >= 4 is 52.0 Å². The van der Waals surface area contributed by atoms with Crippen LogP contribution in [0, 0.1) is 12.8 Å². The second-order valence-corrected chi connectivity index (χ2v) is 15.2. The van der Waals surface area contributed by atoms with Gasteiger partial charge in [-0.15, -0.1) is 0 Å². The van der Waals surface area contributed by atoms with E-state index in [1.807, 2.05) is 24.5 Å². The first kappa shape index (κ1) is 35.1. The number of pyridine rings is 1. The molecule has 3 saturated heterocycles. The van der Waals surface area contributed by atoms with Gasteiger partial charge in [0.05, 0.1) is 24.1 Å². The number of nitrogens with zero attached hydrogens (tertiary/aromatic N) is 8. The van der Waals surface area contributed by atoms with E-state index in [9.17, 15) is 9.59 Å². The van der Waals surface area contributed by atoms with E-state index in [1.54, 1.807) is 4.90 Å². The molecule has 2 aromatic carbocycles. The highest BCUT2D eigenvalue weighted by Crippen LogP contribution is 2.36. The summed E-state index contributed by atoms with van der Waals surface area (Å²) in [5.74, 6) is 1.80. The van der Waals surface area contributed by atoms with E-state index < -0.39 is 0 Å². The quantitative estimate of drug-likeness (QED) is 0.230. The topological polar surface area (TPSA) is 134 Å². The van der Waals surface area contributed by atoms with Crippen LogP contribution in [0.1, 0.15) is 36.1 Å². The molecular formula is C41H49N11O3. The van der Waals surface area contributed by atoms with Gasteiger partial charge >= 0.3 is 6.03 Å². The van der Waals surface area contributed by atoms with Gasteiger partial charge in [-0.1, -0.05) is 0 Å². The number of anilines is 7. The Kier molecular flexibility index (Phi) is 9.73. The van der Waals surface area contributed by atoms with Crippen LogP contribution in [0.15, 0.2) is 60.9 Å². The first-order chi connectivity index (χ1) is 26.9. The predicted octanol–water partition coefficient (Wildman–Crippen LogP) is 4.78. The fraction of sp³-hybridized carbons (Fsp3) is 0.439. The zero-order chi connectivity index (χ0) is 37.3. The van der Waals surface area contributed by atoms with Crippen molar-refractivity contribution in [3.63, 3.8) is 0 Å². The molecular weight excluding hydrogens is 695 g/mol. The van der Waals surface area contributed by atoms with E-state index in [1.165, 1.54) is 29.8 Å². The minimum atomic E-state index is -0.344. The largest absolute Gasteiger partial charge is 0.474 e. The fourth-order valence-corrected chi connectivity index (χ4v) is 8.56. The number of piperidine rings is 1. The lowest BCUT2D eigenvalue weighted by molar-refractivity contribution is -0.120. The lowest BCUT2D eigenvalue weighted by atomic mass is 9.95. The maximum absolute atomic E-state index is 12.2. The molecule has 0 aliphatic carbocycles. The number of hydrogen-bond donors (Lipinski definition) is 3. The van der Waals surface area contributed by atoms with Crippen LogP contribution in [0.2, 0.25) is 0 Å². The molecule has 3 amide bonds. The number of nitrogens with one attached hydrogen (secondary N) is 3. The van der Waals surface area contributed by atoms with Crippen LogP contribution in [0.3, 0.4) is 0 Å². The minimum absolute atomic E-state index is 0.212. The number of hydrogen-bond acceptors (Lipinski definition) is 12. The van der Waals surface area contributed by atoms with Gasteiger partial charge in [0.2, 0.25) is 17.7 Å². The van der Waals surface area contributed by atoms with E-state index >= 15 is 0 Å². The van der Waals surface area contributed by atoms with Gasteiger partial charge in [0.25, 0.3) is 0 Å². The maximum Gasteiger partial charge on any atom is 0.328 e. The summed E-state index contributed by atoms with van der Waals surface area (Å²) in [6.07, 6.45) is 7.51. The highest BCUT2D eigenvalue weighted by atomic mass is 16.5. The molecule has 14 heteroatoms. The molecule has 4 aromatic rings. The minimum Gasteiger partial charge on any atom is -0.474 e. The number of carbonyl (C=O) groups excluding carboxylic acids is 2. The molecule has 0 atom stereocenters. The number of rotatable bonds is 8. The molecule has 0 bridgehead atoms. The summed E-state index contributed by atoms with van der Waals surface area (Å²) in [6, 6.07) is 16.5. The zero-order valence-electron chi connectivity index (χ0n) is 31.5. The van der Waals surface area contributed by atoms with Gasteiger partial charge < -0.3 is 30.1 Å². The molecule has 286 valence electrons. The van der Waals surface area contributed by atoms with E-state index in [0.29, 0.717) is 43.9 Å². The summed E-state index contributed by atoms with van der Waals surface area (Å²) < 4.78 is 5.74. The molecule has 2 aromatic heterocycles. The molecule has 0 saturated carbocycles. The highest BCUT2D eigenvalue weighted by molar-refractivity contribution is 6.05. The van der Waals surface area contributed by atoms with Crippen LogP contribution in [-0.2, 0) is 17.8 Å². The normalized spacial score (nSPS) is 19.3. The third kappa shape index (κ3) is 7.55. The van der Waals surface area contributed by atoms with Crippen molar-refractivity contribution in [3.8, 4) is 5.88 Å². The molecule has 55 heavy (non-hydrogen) atoms. The Balaban J connectivity index is 0.732. The second-order valence-electron chi connectivity index (χ2n) is 15.2. The van der Waals surface area contributed by atoms with Crippen LogP contribution in [0.25, 0.3) is 0 Å². The molecule has 5 aliphatic heterocycles. The summed E-state index contributed by atoms with van der Waals surface area (Å²) in [4.78, 5) is 49.4. The van der Waals surface area contributed by atoms with Gasteiger partial charge in [-0.3, -0.25) is 19.9 Å². The van der Waals surface area contributed by atoms with Gasteiger partial charge in [0.15, 0.2) is 0 Å². The van der Waals surface area contributed by atoms with E-state index in [-0.39, 0.29) is 11.9 Å². The Labute approximate surface area is 321 Å². The van der Waals surface area contributed by atoms with Gasteiger partial charge in [0.1, 0.15) is 12.3 Å². The molecule has 0 spiro atoms. The van der Waals surface area contributed by atoms with Gasteiger partial charge in [-0.2, -0.15) is 0 Å². The zero-order valence-corrected chi connectivity index (χ0v) is 31.5. The van der Waals surface area contributed by atoms with Gasteiger partial charge in [-0.25, -0.2) is 19.7 Å². The number of amides is 3. The van der Waals surface area contributed by atoms with Crippen LogP contribution >= 0.6 is 0 Å². The number of piperazine rings is 1. The van der Waals surface area contributed by atoms with E-state index in [0.717, 1.165) is 99.3 Å². The average molecular weight is 744 g/mol. The monoisotopic (exact) mass is 743 g/mol. The first-order valence-corrected chi connectivity index (χ1v) is 19.7. The number of fused-ring (bicyclic) bond motifs is 2. The summed E-state index contributed by atoms with van der Waals surface area (Å²) >= 11 is 0. The van der Waals surface area contributed by atoms with Crippen molar-refractivity contribution < 1.29 is 14.3 Å². The third-order valence-electron chi connectivity index (χ3n) is 11.8. The van der Waals surface area contributed by atoms with E-state index in [2.05, 4.69) is 88.8 Å². The number of imide groups is 1. The Bertz CT molecular complexity index is 2030. The van der Waals surface area contributed by atoms with Crippen LogP contribution < -0.4 is 40.3 Å². The SMILES string of the molecule is Cc1c(N2CCc3cnc(Nc4ccc(N5CCC(CN6CCN(c7ccc(N8CCC(=O)NC8=O)cc7)CC6)CC5)cc4)nc3C2)cnc2c1NCCO2. The smallest absolute Gasteiger partial charge is 0.328 e. The van der Waals surface area contributed by atoms with Crippen molar-refractivity contribution in [3.05, 3.63) is 77.7 Å². The number of ether oxygens (including phenoxy) is 1. The fourth-order valence-electron chi connectivity index (χ4n) is 8.56. The van der Waals surface area contributed by atoms with Crippen molar-refractivity contribution in [2.45, 2.75) is 39.2 Å². The van der Waals surface area contributed by atoms with E-state index in [4.69, 9.17) is 9.72 Å². The molecule has 9 rings (SSSR count). The van der Waals surface area contributed by atoms with Crippen molar-refractivity contribution in [1.82, 2.24) is 25.2 Å². The lowest BCUT2D eigenvalue weighted by Crippen LogP contribution is -2.49. The lowest BCUT2D eigenvalue weighted by Gasteiger charge is -2.40. The summed E-state index contributed by atoms with van der Waals surface area (Å²) in [7, 11) is 0. The van der Waals surface area contributed by atoms with Crippen molar-refractivity contribution in [1.29, 1.82) is 0 Å². The van der Waals surface area contributed by atoms with Crippen LogP contribution in [0.4, 0.5) is 44.9 Å². The summed E-state index contributed by atoms with van der Waals surface area (Å²) in [5, 5.41) is 9.29. The molecule has 3 fully saturated rings. The molecule has 0 radical (unpaired) electrons. The molecule has 14 nitrogen and oxygen atoms in total. The second kappa shape index (κ2) is 15.2. The van der Waals surface area contributed by atoms with Crippen molar-refractivity contribution in [2.24, 2.45) is 5.92 Å². The third-order valence-corrected chi connectivity index (χ3v) is 11.8. The van der Waals surface area contributed by atoms with Crippen LogP contribution in [-0.4, -0.2) is 104 Å². The number of benzene rings is 2. The summed E-state index contributed by atoms with van der Waals surface area (Å²) in [6.45, 7) is 13.0. The van der Waals surface area contributed by atoms with Gasteiger partial charge in [0, 0.05) is 106 Å². The Morgan fingerprint density at radius 3 is 2.29 bits per heavy atom. The van der Waals surface area contributed by atoms with Crippen molar-refractivity contribution in [2.75, 3.05) is 102 Å². The summed E-state index contributed by atoms with van der Waals surface area (Å²) in [5.41, 5.74) is 9.75. The molecule has 0 unspecified atom stereocenters. The Hall–Kier alpha value is -5.63. The number of aromatic nitrogens is 3. The average Bonchev–Trinajstić information content (AvgIpc) is 3.22. The number of carbonyl (C=O) groups is 2. The van der Waals surface area contributed by atoms with Gasteiger partial charge in [-0.05, 0) is 86.2 Å². The Morgan fingerprint density at radius 2 is 1.53 bits per heavy atom. The highest BCUT2D eigenvalue weighted by Gasteiger charge is 2.27. The maximum atomic E-state index is 12.2. The van der Waals surface area contributed by atoms with Crippen LogP contribution in [0.5, 0.6) is 5.88 Å². The molecule has 3 N–H and O–H groups in total. The Morgan fingerprint density at radius 1 is 0.800 bits per heavy atom. The standard InChI is InChI=1S/C41H49N11O3/c1-28-36(25-43-39-38(28)42-14-23-55-39)51-17-12-30-24-44-40(46-35(30)27-51)45-31-2-4-32(5-3-31)49-15-10-29(11-16-49)26-48-19-21-50(22-20-48)33-6-8-34(9-7-33)52-18-13-37(53)47-41(52)54/h2-9,24-25,29,42H,10-23,26-27H2,1H3,(H,44,45,46)(H,47,53,54). The first-order valence-electron chi connectivity index (χ1n) is 19.7. The molecule has 7 heterocycles. The molecule has 5 aliphatic rings. The number of urea groups is 1.